The van der Waals surface area contributed by atoms with Gasteiger partial charge >= 0.3 is 12.0 Å². The van der Waals surface area contributed by atoms with Gasteiger partial charge in [-0.05, 0) is 46.1 Å². The number of Topliss-reactive ketones (excluding diaryl/α,β-unsaturated/α-hetero) is 1. The number of aromatic nitrogens is 1. The molecule has 1 aliphatic carbocycles. The lowest BCUT2D eigenvalue weighted by Crippen LogP contribution is -2.43. The van der Waals surface area contributed by atoms with Crippen LogP contribution < -0.4 is 0 Å². The van der Waals surface area contributed by atoms with Gasteiger partial charge in [0.1, 0.15) is 5.69 Å². The van der Waals surface area contributed by atoms with Crippen molar-refractivity contribution < 1.29 is 19.1 Å². The van der Waals surface area contributed by atoms with E-state index >= 15 is 0 Å². The Morgan fingerprint density at radius 3 is 2.23 bits per heavy atom. The molecule has 0 unspecified atom stereocenters. The van der Waals surface area contributed by atoms with Gasteiger partial charge in [-0.15, -0.1) is 0 Å². The summed E-state index contributed by atoms with van der Waals surface area (Å²) in [5.74, 6) is -0.558. The predicted octanol–water partition coefficient (Wildman–Crippen LogP) is 2.63. The average molecular weight is 363 g/mol. The number of carbonyl (C=O) groups is 3. The van der Waals surface area contributed by atoms with Gasteiger partial charge in [0.15, 0.2) is 5.78 Å². The molecule has 1 heterocycles. The second-order valence-electron chi connectivity index (χ2n) is 6.86. The number of esters is 1. The van der Waals surface area contributed by atoms with Crippen LogP contribution in [0.1, 0.15) is 58.8 Å². The van der Waals surface area contributed by atoms with E-state index in [4.69, 9.17) is 4.74 Å². The van der Waals surface area contributed by atoms with Gasteiger partial charge in [-0.3, -0.25) is 4.79 Å². The zero-order chi connectivity index (χ0) is 19.6. The van der Waals surface area contributed by atoms with Crippen molar-refractivity contribution in [1.82, 2.24) is 14.4 Å². The molecule has 2 amide bonds. The molecule has 0 N–H and O–H groups in total. The summed E-state index contributed by atoms with van der Waals surface area (Å²) in [7, 11) is 3.37. The van der Waals surface area contributed by atoms with Crippen molar-refractivity contribution in [3.05, 3.63) is 22.5 Å². The Bertz CT molecular complexity index is 717. The fourth-order valence-electron chi connectivity index (χ4n) is 3.39. The van der Waals surface area contributed by atoms with E-state index in [0.29, 0.717) is 23.4 Å². The largest absolute Gasteiger partial charge is 0.461 e. The third-order valence-corrected chi connectivity index (χ3v) is 4.76. The van der Waals surface area contributed by atoms with Crippen LogP contribution >= 0.6 is 0 Å². The Balaban J connectivity index is 2.36. The van der Waals surface area contributed by atoms with E-state index in [1.54, 1.807) is 32.8 Å². The summed E-state index contributed by atoms with van der Waals surface area (Å²) >= 11 is 0. The lowest BCUT2D eigenvalue weighted by molar-refractivity contribution is 0.0512. The molecule has 2 rings (SSSR count). The van der Waals surface area contributed by atoms with Crippen molar-refractivity contribution in [1.29, 1.82) is 0 Å². The Kier molecular flexibility index (Phi) is 6.10. The molecule has 0 aliphatic heterocycles. The van der Waals surface area contributed by atoms with Gasteiger partial charge in [0.05, 0.1) is 13.2 Å². The highest BCUT2D eigenvalue weighted by Crippen LogP contribution is 2.29. The van der Waals surface area contributed by atoms with Crippen molar-refractivity contribution in [2.45, 2.75) is 53.1 Å². The van der Waals surface area contributed by atoms with E-state index in [-0.39, 0.29) is 31.0 Å². The SMILES string of the molecule is CCOC(=O)c1c(C)c(C(=O)CN(C(=O)N(C)C)C2CC2)c(C)n1CC. The molecule has 0 radical (unpaired) electrons. The number of ether oxygens (including phenoxy) is 1. The van der Waals surface area contributed by atoms with E-state index in [0.717, 1.165) is 18.5 Å². The van der Waals surface area contributed by atoms with E-state index in [2.05, 4.69) is 0 Å². The summed E-state index contributed by atoms with van der Waals surface area (Å²) in [6.45, 7) is 8.16. The molecule has 1 fully saturated rings. The standard InChI is InChI=1S/C19H29N3O4/c1-7-21-13(4)16(12(3)17(21)18(24)26-8-2)15(23)11-22(14-9-10-14)19(25)20(5)6/h14H,7-11H2,1-6H3. The van der Waals surface area contributed by atoms with Gasteiger partial charge in [-0.2, -0.15) is 0 Å². The molecule has 26 heavy (non-hydrogen) atoms. The smallest absolute Gasteiger partial charge is 0.355 e. The number of nitrogens with zero attached hydrogens (tertiary/aromatic N) is 3. The van der Waals surface area contributed by atoms with Gasteiger partial charge in [-0.25, -0.2) is 9.59 Å². The van der Waals surface area contributed by atoms with Crippen molar-refractivity contribution in [3.63, 3.8) is 0 Å². The summed E-state index contributed by atoms with van der Waals surface area (Å²) in [4.78, 5) is 40.9. The summed E-state index contributed by atoms with van der Waals surface area (Å²) in [5, 5.41) is 0. The zero-order valence-electron chi connectivity index (χ0n) is 16.6. The van der Waals surface area contributed by atoms with E-state index in [9.17, 15) is 14.4 Å². The zero-order valence-corrected chi connectivity index (χ0v) is 16.6. The summed E-state index contributed by atoms with van der Waals surface area (Å²) < 4.78 is 6.97. The summed E-state index contributed by atoms with van der Waals surface area (Å²) in [6.07, 6.45) is 1.85. The molecule has 0 aromatic carbocycles. The highest BCUT2D eigenvalue weighted by molar-refractivity contribution is 6.04. The predicted molar refractivity (Wildman–Crippen MR) is 98.7 cm³/mol. The number of ketones is 1. The molecule has 144 valence electrons. The maximum atomic E-state index is 13.0. The number of hydrogen-bond acceptors (Lipinski definition) is 4. The summed E-state index contributed by atoms with van der Waals surface area (Å²) in [5.41, 5.74) is 2.31. The van der Waals surface area contributed by atoms with E-state index in [1.807, 2.05) is 18.4 Å². The molecule has 7 nitrogen and oxygen atoms in total. The number of urea groups is 1. The number of hydrogen-bond donors (Lipinski definition) is 0. The quantitative estimate of drug-likeness (QED) is 0.551. The Labute approximate surface area is 154 Å². The van der Waals surface area contributed by atoms with Gasteiger partial charge in [0, 0.05) is 37.9 Å². The molecular formula is C19H29N3O4. The molecule has 1 aromatic heterocycles. The van der Waals surface area contributed by atoms with Crippen LogP contribution in [0.15, 0.2) is 0 Å². The van der Waals surface area contributed by atoms with Crippen LogP contribution in [0.25, 0.3) is 0 Å². The van der Waals surface area contributed by atoms with Crippen LogP contribution in [0.4, 0.5) is 4.79 Å². The lowest BCUT2D eigenvalue weighted by atomic mass is 10.1. The van der Waals surface area contributed by atoms with Crippen molar-refractivity contribution in [2.24, 2.45) is 0 Å². The fraction of sp³-hybridized carbons (Fsp3) is 0.632. The second kappa shape index (κ2) is 7.93. The Hall–Kier alpha value is -2.31. The van der Waals surface area contributed by atoms with Crippen molar-refractivity contribution in [2.75, 3.05) is 27.2 Å². The Morgan fingerprint density at radius 1 is 1.15 bits per heavy atom. The monoisotopic (exact) mass is 363 g/mol. The molecule has 0 spiro atoms. The summed E-state index contributed by atoms with van der Waals surface area (Å²) in [6, 6.07) is -0.0241. The minimum Gasteiger partial charge on any atom is -0.461 e. The molecule has 1 saturated carbocycles. The Morgan fingerprint density at radius 2 is 1.77 bits per heavy atom. The first-order valence-electron chi connectivity index (χ1n) is 9.12. The number of rotatable bonds is 7. The molecule has 0 atom stereocenters. The topological polar surface area (TPSA) is 71.8 Å². The fourth-order valence-corrected chi connectivity index (χ4v) is 3.39. The first kappa shape index (κ1) is 20.0. The first-order valence-corrected chi connectivity index (χ1v) is 9.12. The molecular weight excluding hydrogens is 334 g/mol. The molecule has 1 aromatic rings. The maximum Gasteiger partial charge on any atom is 0.355 e. The van der Waals surface area contributed by atoms with E-state index in [1.165, 1.54) is 4.90 Å². The van der Waals surface area contributed by atoms with Crippen LogP contribution in [0.3, 0.4) is 0 Å². The van der Waals surface area contributed by atoms with Gasteiger partial charge in [0.25, 0.3) is 0 Å². The van der Waals surface area contributed by atoms with Crippen molar-refractivity contribution >= 4 is 17.8 Å². The lowest BCUT2D eigenvalue weighted by Gasteiger charge is -2.25. The normalized spacial score (nSPS) is 13.5. The minimum atomic E-state index is -0.419. The third kappa shape index (κ3) is 3.76. The second-order valence-corrected chi connectivity index (χ2v) is 6.86. The molecule has 0 saturated heterocycles. The molecule has 7 heteroatoms. The van der Waals surface area contributed by atoms with E-state index < -0.39 is 5.97 Å². The van der Waals surface area contributed by atoms with Gasteiger partial charge < -0.3 is 19.1 Å². The molecule has 0 bridgehead atoms. The van der Waals surface area contributed by atoms with Gasteiger partial charge in [-0.1, -0.05) is 0 Å². The molecule has 1 aliphatic rings. The van der Waals surface area contributed by atoms with Crippen LogP contribution in [0.2, 0.25) is 0 Å². The van der Waals surface area contributed by atoms with Crippen LogP contribution in [-0.2, 0) is 11.3 Å². The number of amides is 2. The van der Waals surface area contributed by atoms with Crippen molar-refractivity contribution in [3.8, 4) is 0 Å². The van der Waals surface area contributed by atoms with Crippen LogP contribution in [0, 0.1) is 13.8 Å². The maximum absolute atomic E-state index is 13.0. The van der Waals surface area contributed by atoms with Crippen LogP contribution in [0.5, 0.6) is 0 Å². The number of carbonyl (C=O) groups excluding carboxylic acids is 3. The third-order valence-electron chi connectivity index (χ3n) is 4.76. The first-order chi connectivity index (χ1) is 12.2. The highest BCUT2D eigenvalue weighted by atomic mass is 16.5. The van der Waals surface area contributed by atoms with Crippen LogP contribution in [-0.4, -0.2) is 65.4 Å². The average Bonchev–Trinajstić information content (AvgIpc) is 3.37. The van der Waals surface area contributed by atoms with Gasteiger partial charge in [0.2, 0.25) is 0 Å². The highest BCUT2D eigenvalue weighted by Gasteiger charge is 2.36. The minimum absolute atomic E-state index is 0.0271.